The fraction of sp³-hybridized carbons (Fsp3) is 0.692. The van der Waals surface area contributed by atoms with Crippen molar-refractivity contribution in [2.75, 3.05) is 11.9 Å². The number of nitrogens with zero attached hydrogens (tertiary/aromatic N) is 1. The molecule has 2 N–H and O–H groups in total. The molecule has 1 atom stereocenters. The Balaban J connectivity index is 2.46. The second kappa shape index (κ2) is 7.48. The molecule has 0 aromatic carbocycles. The van der Waals surface area contributed by atoms with Crippen molar-refractivity contribution in [1.82, 2.24) is 10.3 Å². The van der Waals surface area contributed by atoms with Gasteiger partial charge in [0.1, 0.15) is 0 Å². The molecule has 1 aromatic heterocycles. The molecule has 1 heterocycles. The summed E-state index contributed by atoms with van der Waals surface area (Å²) in [5.41, 5.74) is 0.987. The van der Waals surface area contributed by atoms with Gasteiger partial charge in [-0.2, -0.15) is 0 Å². The molecule has 0 aliphatic heterocycles. The SMILES string of the molecule is CCNC(C)c1csc(NC(=O)CCC(C)C)n1. The second-order valence-corrected chi connectivity index (χ2v) is 5.70. The normalized spacial score (nSPS) is 12.7. The Labute approximate surface area is 113 Å². The van der Waals surface area contributed by atoms with Gasteiger partial charge in [0.15, 0.2) is 5.13 Å². The van der Waals surface area contributed by atoms with Crippen LogP contribution in [0.2, 0.25) is 0 Å². The number of carbonyl (C=O) groups is 1. The third kappa shape index (κ3) is 5.14. The van der Waals surface area contributed by atoms with Gasteiger partial charge < -0.3 is 10.6 Å². The minimum atomic E-state index is 0.0562. The first-order valence-electron chi connectivity index (χ1n) is 6.51. The number of hydrogen-bond donors (Lipinski definition) is 2. The van der Waals surface area contributed by atoms with Crippen LogP contribution < -0.4 is 10.6 Å². The Hall–Kier alpha value is -0.940. The van der Waals surface area contributed by atoms with E-state index in [0.717, 1.165) is 18.7 Å². The zero-order chi connectivity index (χ0) is 13.5. The summed E-state index contributed by atoms with van der Waals surface area (Å²) in [7, 11) is 0. The molecule has 5 heteroatoms. The first kappa shape index (κ1) is 15.1. The van der Waals surface area contributed by atoms with E-state index in [-0.39, 0.29) is 11.9 Å². The van der Waals surface area contributed by atoms with Crippen molar-refractivity contribution in [3.63, 3.8) is 0 Å². The van der Waals surface area contributed by atoms with Crippen molar-refractivity contribution < 1.29 is 4.79 Å². The van der Waals surface area contributed by atoms with Gasteiger partial charge >= 0.3 is 0 Å². The Morgan fingerprint density at radius 1 is 1.44 bits per heavy atom. The Morgan fingerprint density at radius 2 is 2.17 bits per heavy atom. The van der Waals surface area contributed by atoms with Gasteiger partial charge in [0.05, 0.1) is 5.69 Å². The minimum absolute atomic E-state index is 0.0562. The number of anilines is 1. The maximum absolute atomic E-state index is 11.7. The molecule has 102 valence electrons. The zero-order valence-corrected chi connectivity index (χ0v) is 12.4. The first-order valence-corrected chi connectivity index (χ1v) is 7.39. The Morgan fingerprint density at radius 3 is 2.78 bits per heavy atom. The van der Waals surface area contributed by atoms with Crippen LogP contribution in [0.5, 0.6) is 0 Å². The molecule has 1 rings (SSSR count). The summed E-state index contributed by atoms with van der Waals surface area (Å²) >= 11 is 1.48. The highest BCUT2D eigenvalue weighted by Gasteiger charge is 2.11. The quantitative estimate of drug-likeness (QED) is 0.799. The first-order chi connectivity index (χ1) is 8.52. The summed E-state index contributed by atoms with van der Waals surface area (Å²) in [5, 5.41) is 8.84. The number of rotatable bonds is 7. The fourth-order valence-electron chi connectivity index (χ4n) is 1.55. The number of amides is 1. The summed E-state index contributed by atoms with van der Waals surface area (Å²) in [4.78, 5) is 16.1. The molecule has 1 aromatic rings. The van der Waals surface area contributed by atoms with Crippen LogP contribution >= 0.6 is 11.3 Å². The van der Waals surface area contributed by atoms with Crippen LogP contribution in [0.15, 0.2) is 5.38 Å². The molecule has 1 unspecified atom stereocenters. The van der Waals surface area contributed by atoms with Crippen molar-refractivity contribution >= 4 is 22.4 Å². The smallest absolute Gasteiger partial charge is 0.226 e. The summed E-state index contributed by atoms with van der Waals surface area (Å²) in [6.45, 7) is 9.29. The molecule has 0 aliphatic carbocycles. The summed E-state index contributed by atoms with van der Waals surface area (Å²) in [6.07, 6.45) is 1.48. The van der Waals surface area contributed by atoms with E-state index in [2.05, 4.69) is 43.3 Å². The lowest BCUT2D eigenvalue weighted by Crippen LogP contribution is -2.18. The van der Waals surface area contributed by atoms with Crippen LogP contribution in [-0.2, 0) is 4.79 Å². The van der Waals surface area contributed by atoms with Crippen molar-refractivity contribution in [2.24, 2.45) is 5.92 Å². The average Bonchev–Trinajstić information content (AvgIpc) is 2.75. The summed E-state index contributed by atoms with van der Waals surface area (Å²) in [6, 6.07) is 0.229. The molecule has 0 spiro atoms. The van der Waals surface area contributed by atoms with E-state index in [9.17, 15) is 4.79 Å². The lowest BCUT2D eigenvalue weighted by Gasteiger charge is -2.08. The zero-order valence-electron chi connectivity index (χ0n) is 11.6. The number of nitrogens with one attached hydrogen (secondary N) is 2. The number of thiazole rings is 1. The standard InChI is InChI=1S/C13H23N3OS/c1-5-14-10(4)11-8-18-13(15-11)16-12(17)7-6-9(2)3/h8-10,14H,5-7H2,1-4H3,(H,15,16,17). The molecule has 0 saturated heterocycles. The van der Waals surface area contributed by atoms with E-state index in [0.29, 0.717) is 17.5 Å². The molecule has 0 saturated carbocycles. The van der Waals surface area contributed by atoms with E-state index >= 15 is 0 Å². The van der Waals surface area contributed by atoms with Crippen molar-refractivity contribution in [3.8, 4) is 0 Å². The number of carbonyl (C=O) groups excluding carboxylic acids is 1. The molecular weight excluding hydrogens is 246 g/mol. The highest BCUT2D eigenvalue weighted by Crippen LogP contribution is 2.20. The monoisotopic (exact) mass is 269 g/mol. The molecule has 4 nitrogen and oxygen atoms in total. The molecular formula is C13H23N3OS. The van der Waals surface area contributed by atoms with E-state index in [1.165, 1.54) is 11.3 Å². The maximum atomic E-state index is 11.7. The van der Waals surface area contributed by atoms with Crippen molar-refractivity contribution in [2.45, 2.75) is 46.6 Å². The van der Waals surface area contributed by atoms with Gasteiger partial charge in [-0.1, -0.05) is 20.8 Å². The van der Waals surface area contributed by atoms with Gasteiger partial charge in [0.2, 0.25) is 5.91 Å². The average molecular weight is 269 g/mol. The minimum Gasteiger partial charge on any atom is -0.309 e. The lowest BCUT2D eigenvalue weighted by molar-refractivity contribution is -0.116. The predicted octanol–water partition coefficient (Wildman–Crippen LogP) is 3.19. The van der Waals surface area contributed by atoms with Gasteiger partial charge in [-0.25, -0.2) is 4.98 Å². The molecule has 0 bridgehead atoms. The van der Waals surface area contributed by atoms with E-state index in [1.54, 1.807) is 0 Å². The van der Waals surface area contributed by atoms with Crippen LogP contribution in [-0.4, -0.2) is 17.4 Å². The van der Waals surface area contributed by atoms with Crippen molar-refractivity contribution in [1.29, 1.82) is 0 Å². The highest BCUT2D eigenvalue weighted by molar-refractivity contribution is 7.13. The van der Waals surface area contributed by atoms with Gasteiger partial charge in [0, 0.05) is 17.8 Å². The predicted molar refractivity (Wildman–Crippen MR) is 76.9 cm³/mol. The third-order valence-corrected chi connectivity index (χ3v) is 3.45. The van der Waals surface area contributed by atoms with E-state index < -0.39 is 0 Å². The molecule has 18 heavy (non-hydrogen) atoms. The molecule has 1 amide bonds. The van der Waals surface area contributed by atoms with Gasteiger partial charge in [-0.15, -0.1) is 11.3 Å². The van der Waals surface area contributed by atoms with E-state index in [4.69, 9.17) is 0 Å². The maximum Gasteiger partial charge on any atom is 0.226 e. The topological polar surface area (TPSA) is 54.0 Å². The molecule has 0 fully saturated rings. The van der Waals surface area contributed by atoms with Crippen LogP contribution in [0, 0.1) is 5.92 Å². The highest BCUT2D eigenvalue weighted by atomic mass is 32.1. The number of aromatic nitrogens is 1. The lowest BCUT2D eigenvalue weighted by atomic mass is 10.1. The van der Waals surface area contributed by atoms with Crippen LogP contribution in [0.1, 0.15) is 52.3 Å². The van der Waals surface area contributed by atoms with Gasteiger partial charge in [0.25, 0.3) is 0 Å². The van der Waals surface area contributed by atoms with E-state index in [1.807, 2.05) is 5.38 Å². The van der Waals surface area contributed by atoms with Crippen LogP contribution in [0.3, 0.4) is 0 Å². The van der Waals surface area contributed by atoms with Gasteiger partial charge in [-0.05, 0) is 25.8 Å². The largest absolute Gasteiger partial charge is 0.309 e. The molecule has 0 radical (unpaired) electrons. The summed E-state index contributed by atoms with van der Waals surface area (Å²) < 4.78 is 0. The molecule has 0 aliphatic rings. The fourth-order valence-corrected chi connectivity index (χ4v) is 2.37. The summed E-state index contributed by atoms with van der Waals surface area (Å²) in [5.74, 6) is 0.608. The Kier molecular flexibility index (Phi) is 6.29. The van der Waals surface area contributed by atoms with Crippen molar-refractivity contribution in [3.05, 3.63) is 11.1 Å². The second-order valence-electron chi connectivity index (χ2n) is 4.84. The van der Waals surface area contributed by atoms with Gasteiger partial charge in [-0.3, -0.25) is 4.79 Å². The van der Waals surface area contributed by atoms with Crippen LogP contribution in [0.4, 0.5) is 5.13 Å². The Bertz CT molecular complexity index is 376. The number of hydrogen-bond acceptors (Lipinski definition) is 4. The van der Waals surface area contributed by atoms with Crippen LogP contribution in [0.25, 0.3) is 0 Å². The third-order valence-electron chi connectivity index (χ3n) is 2.67.